The first-order valence-corrected chi connectivity index (χ1v) is 7.08. The van der Waals surface area contributed by atoms with Gasteiger partial charge >= 0.3 is 6.18 Å². The maximum Gasteiger partial charge on any atom is 0.417 e. The molecule has 11 heteroatoms. The van der Waals surface area contributed by atoms with Crippen molar-refractivity contribution in [3.8, 4) is 11.4 Å². The highest BCUT2D eigenvalue weighted by molar-refractivity contribution is 5.92. The van der Waals surface area contributed by atoms with Crippen LogP contribution in [0.25, 0.3) is 11.4 Å². The molecule has 3 rings (SSSR count). The van der Waals surface area contributed by atoms with Crippen molar-refractivity contribution in [3.63, 3.8) is 0 Å². The molecule has 0 aliphatic heterocycles. The molecule has 2 heterocycles. The number of amides is 1. The van der Waals surface area contributed by atoms with Gasteiger partial charge < -0.3 is 4.74 Å². The molecular formula is C13H15F3N6O2. The van der Waals surface area contributed by atoms with Crippen LogP contribution in [0.15, 0.2) is 12.4 Å². The number of alkyl halides is 3. The molecule has 0 radical (unpaired) electrons. The van der Waals surface area contributed by atoms with Gasteiger partial charge in [0, 0.05) is 26.3 Å². The molecule has 0 unspecified atom stereocenters. The summed E-state index contributed by atoms with van der Waals surface area (Å²) in [6.45, 7) is 0. The van der Waals surface area contributed by atoms with Gasteiger partial charge in [-0.15, -0.1) is 5.10 Å². The molecule has 0 aromatic carbocycles. The van der Waals surface area contributed by atoms with Crippen molar-refractivity contribution in [2.45, 2.75) is 24.6 Å². The number of aromatic amines is 1. The number of nitrogens with one attached hydrogen (secondary N) is 2. The van der Waals surface area contributed by atoms with Crippen LogP contribution in [0.2, 0.25) is 0 Å². The Balaban J connectivity index is 1.62. The summed E-state index contributed by atoms with van der Waals surface area (Å²) in [5, 5.41) is 12.9. The lowest BCUT2D eigenvalue weighted by molar-refractivity contribution is -0.305. The molecule has 2 aromatic rings. The van der Waals surface area contributed by atoms with Crippen LogP contribution in [0.4, 0.5) is 19.1 Å². The molecule has 1 aliphatic rings. The number of aryl methyl sites for hydroxylation is 1. The molecule has 0 saturated heterocycles. The Morgan fingerprint density at radius 3 is 2.75 bits per heavy atom. The van der Waals surface area contributed by atoms with Gasteiger partial charge in [0.15, 0.2) is 11.4 Å². The zero-order chi connectivity index (χ0) is 17.5. The maximum atomic E-state index is 12.9. The molecule has 1 fully saturated rings. The van der Waals surface area contributed by atoms with E-state index in [9.17, 15) is 18.0 Å². The van der Waals surface area contributed by atoms with E-state index in [0.29, 0.717) is 11.4 Å². The van der Waals surface area contributed by atoms with E-state index in [4.69, 9.17) is 0 Å². The van der Waals surface area contributed by atoms with Crippen LogP contribution in [0.5, 0.6) is 0 Å². The highest BCUT2D eigenvalue weighted by Crippen LogP contribution is 2.51. The number of carbonyl (C=O) groups is 1. The zero-order valence-corrected chi connectivity index (χ0v) is 12.9. The summed E-state index contributed by atoms with van der Waals surface area (Å²) in [6, 6.07) is 0. The highest BCUT2D eigenvalue weighted by atomic mass is 19.4. The number of methoxy groups -OCH3 is 1. The molecule has 1 saturated carbocycles. The summed E-state index contributed by atoms with van der Waals surface area (Å²) >= 11 is 0. The first-order chi connectivity index (χ1) is 11.2. The molecule has 130 valence electrons. The van der Waals surface area contributed by atoms with Gasteiger partial charge in [0.2, 0.25) is 11.9 Å². The number of rotatable bonds is 4. The second kappa shape index (κ2) is 5.58. The van der Waals surface area contributed by atoms with Crippen molar-refractivity contribution in [1.82, 2.24) is 25.0 Å². The number of ether oxygens (including phenoxy) is 1. The summed E-state index contributed by atoms with van der Waals surface area (Å²) < 4.78 is 44.9. The maximum absolute atomic E-state index is 12.9. The summed E-state index contributed by atoms with van der Waals surface area (Å²) in [6.07, 6.45) is -2.07. The zero-order valence-electron chi connectivity index (χ0n) is 12.9. The topological polar surface area (TPSA) is 97.7 Å². The Hall–Kier alpha value is -2.43. The molecule has 24 heavy (non-hydrogen) atoms. The van der Waals surface area contributed by atoms with Gasteiger partial charge in [0.05, 0.1) is 11.8 Å². The van der Waals surface area contributed by atoms with Gasteiger partial charge in [-0.25, -0.2) is 0 Å². The average molecular weight is 344 g/mol. The summed E-state index contributed by atoms with van der Waals surface area (Å²) in [5.74, 6) is -0.968. The monoisotopic (exact) mass is 344 g/mol. The van der Waals surface area contributed by atoms with Gasteiger partial charge in [-0.2, -0.15) is 23.3 Å². The number of H-pyrrole nitrogens is 1. The van der Waals surface area contributed by atoms with Crippen LogP contribution in [0, 0.1) is 5.92 Å². The number of carbonyl (C=O) groups excluding carboxylic acids is 1. The summed E-state index contributed by atoms with van der Waals surface area (Å²) in [5.41, 5.74) is -1.57. The fourth-order valence-corrected chi connectivity index (χ4v) is 2.64. The van der Waals surface area contributed by atoms with E-state index in [1.165, 1.54) is 0 Å². The van der Waals surface area contributed by atoms with Crippen LogP contribution >= 0.6 is 0 Å². The summed E-state index contributed by atoms with van der Waals surface area (Å²) in [4.78, 5) is 16.1. The van der Waals surface area contributed by atoms with Crippen molar-refractivity contribution in [3.05, 3.63) is 12.4 Å². The Kier molecular flexibility index (Phi) is 3.82. The minimum Gasteiger partial charge on any atom is -0.369 e. The van der Waals surface area contributed by atoms with Gasteiger partial charge in [-0.05, 0) is 12.8 Å². The second-order valence-corrected chi connectivity index (χ2v) is 5.70. The van der Waals surface area contributed by atoms with Crippen molar-refractivity contribution >= 4 is 11.9 Å². The number of hydrogen-bond donors (Lipinski definition) is 2. The van der Waals surface area contributed by atoms with E-state index in [-0.39, 0.29) is 5.95 Å². The van der Waals surface area contributed by atoms with Crippen LogP contribution in [-0.2, 0) is 16.6 Å². The lowest BCUT2D eigenvalue weighted by atomic mass is 9.69. The molecule has 1 aliphatic carbocycles. The lowest BCUT2D eigenvalue weighted by Gasteiger charge is -2.46. The Morgan fingerprint density at radius 1 is 1.50 bits per heavy atom. The van der Waals surface area contributed by atoms with Crippen molar-refractivity contribution in [1.29, 1.82) is 0 Å². The quantitative estimate of drug-likeness (QED) is 0.876. The van der Waals surface area contributed by atoms with Crippen LogP contribution in [-0.4, -0.2) is 49.8 Å². The third-order valence-corrected chi connectivity index (χ3v) is 4.13. The number of nitrogens with zero attached hydrogens (tertiary/aromatic N) is 4. The van der Waals surface area contributed by atoms with E-state index >= 15 is 0 Å². The van der Waals surface area contributed by atoms with Gasteiger partial charge in [-0.3, -0.25) is 19.9 Å². The first-order valence-electron chi connectivity index (χ1n) is 7.08. The molecule has 0 spiro atoms. The number of anilines is 1. The van der Waals surface area contributed by atoms with Crippen LogP contribution < -0.4 is 5.32 Å². The molecule has 0 bridgehead atoms. The smallest absolute Gasteiger partial charge is 0.369 e. The van der Waals surface area contributed by atoms with Crippen molar-refractivity contribution < 1.29 is 22.7 Å². The van der Waals surface area contributed by atoms with E-state index in [2.05, 4.69) is 30.3 Å². The van der Waals surface area contributed by atoms with Crippen LogP contribution in [0.3, 0.4) is 0 Å². The first kappa shape index (κ1) is 16.4. The third kappa shape index (κ3) is 2.75. The molecular weight excluding hydrogens is 329 g/mol. The number of hydrogen-bond acceptors (Lipinski definition) is 5. The summed E-state index contributed by atoms with van der Waals surface area (Å²) in [7, 11) is 2.74. The fourth-order valence-electron chi connectivity index (χ4n) is 2.64. The SMILES string of the molecule is COC1(C(F)(F)F)CC(C(=O)Nc2n[nH]c(-c3cnn(C)c3)n2)C1. The molecule has 2 aromatic heterocycles. The predicted molar refractivity (Wildman–Crippen MR) is 75.7 cm³/mol. The Labute approximate surface area is 134 Å². The van der Waals surface area contributed by atoms with Gasteiger partial charge in [0.25, 0.3) is 0 Å². The van der Waals surface area contributed by atoms with Crippen LogP contribution in [0.1, 0.15) is 12.8 Å². The van der Waals surface area contributed by atoms with Crippen molar-refractivity contribution in [2.75, 3.05) is 12.4 Å². The Morgan fingerprint density at radius 2 is 2.21 bits per heavy atom. The molecule has 2 N–H and O–H groups in total. The largest absolute Gasteiger partial charge is 0.417 e. The number of halogens is 3. The average Bonchev–Trinajstić information content (AvgIpc) is 3.05. The Bertz CT molecular complexity index is 747. The minimum atomic E-state index is -4.50. The van der Waals surface area contributed by atoms with Gasteiger partial charge in [0.1, 0.15) is 0 Å². The molecule has 0 atom stereocenters. The molecule has 1 amide bonds. The fraction of sp³-hybridized carbons (Fsp3) is 0.538. The van der Waals surface area contributed by atoms with E-state index in [1.807, 2.05) is 0 Å². The number of aromatic nitrogens is 5. The lowest BCUT2D eigenvalue weighted by Crippen LogP contribution is -2.59. The standard InChI is InChI=1S/C13H15F3N6O2/c1-22-6-8(5-17-22)9-18-11(21-20-9)19-10(23)7-3-12(4-7,24-2)13(14,15)16/h5-7H,3-4H2,1-2H3,(H2,18,19,20,21,23). The third-order valence-electron chi connectivity index (χ3n) is 4.13. The van der Waals surface area contributed by atoms with E-state index in [0.717, 1.165) is 7.11 Å². The highest BCUT2D eigenvalue weighted by Gasteiger charge is 2.64. The molecule has 8 nitrogen and oxygen atoms in total. The second-order valence-electron chi connectivity index (χ2n) is 5.70. The minimum absolute atomic E-state index is 0.000721. The van der Waals surface area contributed by atoms with E-state index < -0.39 is 36.4 Å². The van der Waals surface area contributed by atoms with E-state index in [1.54, 1.807) is 24.1 Å². The predicted octanol–water partition coefficient (Wildman–Crippen LogP) is 1.50. The van der Waals surface area contributed by atoms with Gasteiger partial charge in [-0.1, -0.05) is 0 Å². The normalized spacial score (nSPS) is 23.8. The van der Waals surface area contributed by atoms with Crippen molar-refractivity contribution in [2.24, 2.45) is 13.0 Å².